The minimum atomic E-state index is -0.508. The van der Waals surface area contributed by atoms with E-state index in [4.69, 9.17) is 9.72 Å². The molecule has 1 amide bonds. The molecule has 0 saturated heterocycles. The van der Waals surface area contributed by atoms with Crippen LogP contribution in [0.25, 0.3) is 22.2 Å². The van der Waals surface area contributed by atoms with Gasteiger partial charge < -0.3 is 10.1 Å². The highest BCUT2D eigenvalue weighted by Gasteiger charge is 2.24. The van der Waals surface area contributed by atoms with Gasteiger partial charge in [-0.15, -0.1) is 11.3 Å². The van der Waals surface area contributed by atoms with Gasteiger partial charge in [0, 0.05) is 10.9 Å². The molecule has 0 aliphatic carbocycles. The van der Waals surface area contributed by atoms with Crippen molar-refractivity contribution in [1.82, 2.24) is 4.98 Å². The molecule has 1 N–H and O–H groups in total. The van der Waals surface area contributed by atoms with Crippen molar-refractivity contribution in [3.05, 3.63) is 81.2 Å². The normalized spacial score (nSPS) is 10.9. The number of rotatable bonds is 5. The molecular weight excluding hydrogens is 458 g/mol. The maximum Gasteiger partial charge on any atom is 0.348 e. The van der Waals surface area contributed by atoms with E-state index in [1.165, 1.54) is 5.56 Å². The molecule has 4 aromatic rings. The van der Waals surface area contributed by atoms with Crippen LogP contribution >= 0.6 is 11.3 Å². The number of amides is 1. The van der Waals surface area contributed by atoms with Crippen molar-refractivity contribution < 1.29 is 14.3 Å². The fourth-order valence-corrected chi connectivity index (χ4v) is 4.82. The van der Waals surface area contributed by atoms with E-state index < -0.39 is 5.97 Å². The first-order chi connectivity index (χ1) is 16.7. The summed E-state index contributed by atoms with van der Waals surface area (Å²) in [5.41, 5.74) is 5.79. The summed E-state index contributed by atoms with van der Waals surface area (Å²) in [6, 6.07) is 17.4. The van der Waals surface area contributed by atoms with Crippen LogP contribution in [0, 0.1) is 32.1 Å². The Morgan fingerprint density at radius 3 is 2.49 bits per heavy atom. The highest BCUT2D eigenvalue weighted by molar-refractivity contribution is 7.18. The molecule has 0 atom stereocenters. The van der Waals surface area contributed by atoms with Crippen molar-refractivity contribution in [1.29, 1.82) is 5.26 Å². The Hall–Kier alpha value is -4.02. The highest BCUT2D eigenvalue weighted by atomic mass is 32.1. The number of thiophene rings is 1. The Labute approximate surface area is 208 Å². The van der Waals surface area contributed by atoms with Gasteiger partial charge in [0.05, 0.1) is 28.4 Å². The van der Waals surface area contributed by atoms with Crippen LogP contribution in [-0.2, 0) is 4.74 Å². The van der Waals surface area contributed by atoms with Crippen LogP contribution in [0.3, 0.4) is 0 Å². The fourth-order valence-electron chi connectivity index (χ4n) is 3.78. The predicted molar refractivity (Wildman–Crippen MR) is 139 cm³/mol. The predicted octanol–water partition coefficient (Wildman–Crippen LogP) is 6.58. The van der Waals surface area contributed by atoms with Crippen LogP contribution in [0.2, 0.25) is 0 Å². The van der Waals surface area contributed by atoms with Gasteiger partial charge in [-0.25, -0.2) is 9.78 Å². The second kappa shape index (κ2) is 9.69. The summed E-state index contributed by atoms with van der Waals surface area (Å²) in [4.78, 5) is 31.1. The number of benzene rings is 2. The van der Waals surface area contributed by atoms with Crippen LogP contribution in [0.1, 0.15) is 56.1 Å². The van der Waals surface area contributed by atoms with Gasteiger partial charge in [0.25, 0.3) is 5.91 Å². The summed E-state index contributed by atoms with van der Waals surface area (Å²) in [7, 11) is 0. The van der Waals surface area contributed by atoms with Crippen molar-refractivity contribution in [3.8, 4) is 17.3 Å². The number of hydrogen-bond donors (Lipinski definition) is 1. The number of carbonyl (C=O) groups is 2. The summed E-state index contributed by atoms with van der Waals surface area (Å²) >= 11 is 1.05. The molecule has 35 heavy (non-hydrogen) atoms. The monoisotopic (exact) mass is 483 g/mol. The third-order valence-electron chi connectivity index (χ3n) is 5.78. The summed E-state index contributed by atoms with van der Waals surface area (Å²) in [5.74, 6) is -0.888. The van der Waals surface area contributed by atoms with Gasteiger partial charge in [-0.1, -0.05) is 30.3 Å². The minimum absolute atomic E-state index is 0.256. The summed E-state index contributed by atoms with van der Waals surface area (Å²) in [6.45, 7) is 9.29. The lowest BCUT2D eigenvalue weighted by Gasteiger charge is -2.11. The molecule has 0 radical (unpaired) electrons. The largest absolute Gasteiger partial charge is 0.459 e. The van der Waals surface area contributed by atoms with Crippen molar-refractivity contribution in [2.75, 3.05) is 5.32 Å². The number of nitriles is 1. The molecule has 0 fully saturated rings. The quantitative estimate of drug-likeness (QED) is 0.324. The molecule has 0 spiro atoms. The lowest BCUT2D eigenvalue weighted by atomic mass is 10.0. The number of aromatic nitrogens is 1. The molecule has 6 nitrogen and oxygen atoms in total. The van der Waals surface area contributed by atoms with Gasteiger partial charge in [0.15, 0.2) is 0 Å². The molecule has 0 aliphatic rings. The molecule has 2 heterocycles. The molecule has 0 saturated carbocycles. The van der Waals surface area contributed by atoms with Crippen LogP contribution < -0.4 is 5.32 Å². The zero-order valence-electron chi connectivity index (χ0n) is 20.2. The van der Waals surface area contributed by atoms with Gasteiger partial charge in [0.2, 0.25) is 0 Å². The standard InChI is InChI=1S/C28H25N3O3S/c1-15(2)34-28(33)25-18(5)22(14-29)27(35-25)31-26(32)21-13-24(19-11-10-16(3)17(4)12-19)30-23-9-7-6-8-20(21)23/h6-13,15H,1-5H3,(H,31,32). The maximum atomic E-state index is 13.5. The third kappa shape index (κ3) is 4.79. The topological polar surface area (TPSA) is 92.1 Å². The molecule has 176 valence electrons. The molecule has 7 heteroatoms. The van der Waals surface area contributed by atoms with Crippen molar-refractivity contribution in [2.45, 2.75) is 40.7 Å². The van der Waals surface area contributed by atoms with E-state index in [9.17, 15) is 14.9 Å². The van der Waals surface area contributed by atoms with Crippen LogP contribution in [0.15, 0.2) is 48.5 Å². The lowest BCUT2D eigenvalue weighted by Crippen LogP contribution is -2.13. The molecule has 0 unspecified atom stereocenters. The molecule has 0 aliphatic heterocycles. The van der Waals surface area contributed by atoms with E-state index in [1.807, 2.05) is 50.2 Å². The summed E-state index contributed by atoms with van der Waals surface area (Å²) in [5, 5.41) is 13.6. The van der Waals surface area contributed by atoms with Gasteiger partial charge in [-0.05, 0) is 69.5 Å². The number of ether oxygens (including phenoxy) is 1. The fraction of sp³-hybridized carbons (Fsp3) is 0.214. The average molecular weight is 484 g/mol. The number of para-hydroxylation sites is 1. The second-order valence-electron chi connectivity index (χ2n) is 8.65. The number of aryl methyl sites for hydroxylation is 2. The summed E-state index contributed by atoms with van der Waals surface area (Å²) in [6.07, 6.45) is -0.292. The molecule has 0 bridgehead atoms. The third-order valence-corrected chi connectivity index (χ3v) is 6.96. The van der Waals surface area contributed by atoms with Gasteiger partial charge >= 0.3 is 5.97 Å². The number of fused-ring (bicyclic) bond motifs is 1. The Balaban J connectivity index is 1.77. The van der Waals surface area contributed by atoms with Crippen molar-refractivity contribution in [3.63, 3.8) is 0 Å². The maximum absolute atomic E-state index is 13.5. The first-order valence-corrected chi connectivity index (χ1v) is 12.0. The average Bonchev–Trinajstić information content (AvgIpc) is 3.14. The Morgan fingerprint density at radius 1 is 1.06 bits per heavy atom. The zero-order valence-corrected chi connectivity index (χ0v) is 21.0. The number of hydrogen-bond acceptors (Lipinski definition) is 6. The van der Waals surface area contributed by atoms with E-state index in [0.29, 0.717) is 37.6 Å². The first kappa shape index (κ1) is 24.1. The second-order valence-corrected chi connectivity index (χ2v) is 9.67. The van der Waals surface area contributed by atoms with Crippen molar-refractivity contribution >= 4 is 39.1 Å². The minimum Gasteiger partial charge on any atom is -0.459 e. The van der Waals surface area contributed by atoms with Gasteiger partial charge in [-0.3, -0.25) is 4.79 Å². The summed E-state index contributed by atoms with van der Waals surface area (Å²) < 4.78 is 5.30. The van der Waals surface area contributed by atoms with E-state index in [2.05, 4.69) is 17.5 Å². The molecule has 4 rings (SSSR count). The first-order valence-electron chi connectivity index (χ1n) is 11.2. The Kier molecular flexibility index (Phi) is 6.68. The lowest BCUT2D eigenvalue weighted by molar-refractivity contribution is 0.0383. The van der Waals surface area contributed by atoms with Crippen molar-refractivity contribution in [2.24, 2.45) is 0 Å². The van der Waals surface area contributed by atoms with Crippen LogP contribution in [0.4, 0.5) is 5.00 Å². The number of carbonyl (C=O) groups excluding carboxylic acids is 2. The molecular formula is C28H25N3O3S. The van der Waals surface area contributed by atoms with E-state index in [0.717, 1.165) is 22.5 Å². The van der Waals surface area contributed by atoms with Gasteiger partial charge in [-0.2, -0.15) is 5.26 Å². The zero-order chi connectivity index (χ0) is 25.3. The molecule has 2 aromatic carbocycles. The number of esters is 1. The van der Waals surface area contributed by atoms with E-state index in [-0.39, 0.29) is 17.6 Å². The smallest absolute Gasteiger partial charge is 0.348 e. The van der Waals surface area contributed by atoms with E-state index in [1.54, 1.807) is 26.8 Å². The number of pyridine rings is 1. The Bertz CT molecular complexity index is 1510. The number of nitrogens with zero attached hydrogens (tertiary/aromatic N) is 2. The van der Waals surface area contributed by atoms with Gasteiger partial charge in [0.1, 0.15) is 15.9 Å². The number of anilines is 1. The Morgan fingerprint density at radius 2 is 1.80 bits per heavy atom. The molecule has 2 aromatic heterocycles. The van der Waals surface area contributed by atoms with E-state index >= 15 is 0 Å². The SMILES string of the molecule is Cc1ccc(-c2cc(C(=O)Nc3sc(C(=O)OC(C)C)c(C)c3C#N)c3ccccc3n2)cc1C. The number of nitrogens with one attached hydrogen (secondary N) is 1. The van der Waals surface area contributed by atoms with Crippen LogP contribution in [-0.4, -0.2) is 23.0 Å². The van der Waals surface area contributed by atoms with Crippen LogP contribution in [0.5, 0.6) is 0 Å². The highest BCUT2D eigenvalue weighted by Crippen LogP contribution is 2.34.